The number of amides is 2. The molecular weight excluding hydrogens is 351 g/mol. The first-order valence-electron chi connectivity index (χ1n) is 8.64. The molecule has 2 amide bonds. The number of benzene rings is 2. The number of ether oxygens (including phenoxy) is 2. The van der Waals surface area contributed by atoms with Crippen LogP contribution >= 0.6 is 0 Å². The Morgan fingerprint density at radius 2 is 1.67 bits per heavy atom. The first-order chi connectivity index (χ1) is 13.0. The van der Waals surface area contributed by atoms with E-state index in [2.05, 4.69) is 10.6 Å². The summed E-state index contributed by atoms with van der Waals surface area (Å²) in [6.07, 6.45) is 0. The topological polar surface area (TPSA) is 76.7 Å². The lowest BCUT2D eigenvalue weighted by atomic mass is 10.1. The van der Waals surface area contributed by atoms with Crippen LogP contribution in [0.4, 0.5) is 14.9 Å². The van der Waals surface area contributed by atoms with Crippen LogP contribution in [0.25, 0.3) is 0 Å². The highest BCUT2D eigenvalue weighted by atomic mass is 19.1. The fourth-order valence-corrected chi connectivity index (χ4v) is 2.27. The number of carbonyl (C=O) groups is 2. The van der Waals surface area contributed by atoms with E-state index in [4.69, 9.17) is 9.47 Å². The Morgan fingerprint density at radius 1 is 1.00 bits per heavy atom. The highest BCUT2D eigenvalue weighted by Gasteiger charge is 2.25. The zero-order valence-electron chi connectivity index (χ0n) is 15.3. The Labute approximate surface area is 157 Å². The van der Waals surface area contributed by atoms with Crippen LogP contribution in [0.3, 0.4) is 0 Å². The Kier molecular flexibility index (Phi) is 7.61. The lowest BCUT2D eigenvalue weighted by Crippen LogP contribution is -2.47. The number of rotatable bonds is 8. The van der Waals surface area contributed by atoms with Crippen molar-refractivity contribution in [3.8, 4) is 5.75 Å². The fourth-order valence-electron chi connectivity index (χ4n) is 2.27. The number of esters is 1. The summed E-state index contributed by atoms with van der Waals surface area (Å²) < 4.78 is 23.8. The molecule has 0 fully saturated rings. The highest BCUT2D eigenvalue weighted by Crippen LogP contribution is 2.15. The van der Waals surface area contributed by atoms with E-state index in [0.717, 1.165) is 0 Å². The van der Waals surface area contributed by atoms with E-state index in [9.17, 15) is 14.0 Å². The summed E-state index contributed by atoms with van der Waals surface area (Å²) in [7, 11) is 0. The molecule has 0 heterocycles. The van der Waals surface area contributed by atoms with Gasteiger partial charge in [-0.2, -0.15) is 0 Å². The average Bonchev–Trinajstić information content (AvgIpc) is 2.65. The molecule has 27 heavy (non-hydrogen) atoms. The summed E-state index contributed by atoms with van der Waals surface area (Å²) in [5.41, 5.74) is 0.615. The van der Waals surface area contributed by atoms with Gasteiger partial charge in [0.05, 0.1) is 0 Å². The number of nitrogens with one attached hydrogen (secondary N) is 2. The summed E-state index contributed by atoms with van der Waals surface area (Å²) in [6, 6.07) is 13.6. The number of hydrogen-bond donors (Lipinski definition) is 2. The molecule has 6 nitrogen and oxygen atoms in total. The van der Waals surface area contributed by atoms with Crippen molar-refractivity contribution in [1.82, 2.24) is 5.32 Å². The maximum absolute atomic E-state index is 13.4. The summed E-state index contributed by atoms with van der Waals surface area (Å²) in [4.78, 5) is 24.3. The standard InChI is InChI=1S/C20H23FN2O4/c1-14(2)18(23-20(25)22-15-8-4-3-5-9-15)19(24)27-13-12-26-17-11-7-6-10-16(17)21/h3-11,14,18H,12-13H2,1-2H3,(H2,22,23,25)/t18-/m0/s1. The second kappa shape index (κ2) is 10.2. The molecule has 0 aliphatic rings. The number of carbonyl (C=O) groups excluding carboxylic acids is 2. The van der Waals surface area contributed by atoms with Gasteiger partial charge in [-0.1, -0.05) is 44.2 Å². The van der Waals surface area contributed by atoms with Crippen molar-refractivity contribution in [2.24, 2.45) is 5.92 Å². The normalized spacial score (nSPS) is 11.6. The lowest BCUT2D eigenvalue weighted by molar-refractivity contribution is -0.147. The van der Waals surface area contributed by atoms with E-state index >= 15 is 0 Å². The third kappa shape index (κ3) is 6.62. The molecular formula is C20H23FN2O4. The smallest absolute Gasteiger partial charge is 0.329 e. The molecule has 0 aromatic heterocycles. The van der Waals surface area contributed by atoms with E-state index in [-0.39, 0.29) is 24.9 Å². The molecule has 2 aromatic rings. The molecule has 0 bridgehead atoms. The van der Waals surface area contributed by atoms with E-state index in [1.54, 1.807) is 50.2 Å². The number of halogens is 1. The van der Waals surface area contributed by atoms with Crippen LogP contribution in [-0.4, -0.2) is 31.3 Å². The van der Waals surface area contributed by atoms with Crippen LogP contribution in [0.5, 0.6) is 5.75 Å². The summed E-state index contributed by atoms with van der Waals surface area (Å²) in [6.45, 7) is 3.54. The third-order valence-corrected chi connectivity index (χ3v) is 3.66. The van der Waals surface area contributed by atoms with Gasteiger partial charge in [-0.05, 0) is 30.2 Å². The SMILES string of the molecule is CC(C)[C@H](NC(=O)Nc1ccccc1)C(=O)OCCOc1ccccc1F. The predicted octanol–water partition coefficient (Wildman–Crippen LogP) is 3.59. The van der Waals surface area contributed by atoms with Crippen molar-refractivity contribution in [2.45, 2.75) is 19.9 Å². The van der Waals surface area contributed by atoms with Gasteiger partial charge >= 0.3 is 12.0 Å². The Bertz CT molecular complexity index is 753. The van der Waals surface area contributed by atoms with Gasteiger partial charge in [0.25, 0.3) is 0 Å². The second-order valence-electron chi connectivity index (χ2n) is 6.13. The minimum atomic E-state index is -0.817. The molecule has 7 heteroatoms. The zero-order valence-corrected chi connectivity index (χ0v) is 15.3. The monoisotopic (exact) mass is 374 g/mol. The van der Waals surface area contributed by atoms with Crippen LogP contribution in [-0.2, 0) is 9.53 Å². The summed E-state index contributed by atoms with van der Waals surface area (Å²) >= 11 is 0. The second-order valence-corrected chi connectivity index (χ2v) is 6.13. The van der Waals surface area contributed by atoms with Gasteiger partial charge in [0.1, 0.15) is 19.3 Å². The summed E-state index contributed by atoms with van der Waals surface area (Å²) in [5, 5.41) is 5.26. The van der Waals surface area contributed by atoms with Gasteiger partial charge in [-0.25, -0.2) is 14.0 Å². The quantitative estimate of drug-likeness (QED) is 0.547. The van der Waals surface area contributed by atoms with E-state index in [0.29, 0.717) is 5.69 Å². The average molecular weight is 374 g/mol. The van der Waals surface area contributed by atoms with Crippen LogP contribution in [0.15, 0.2) is 54.6 Å². The van der Waals surface area contributed by atoms with Crippen molar-refractivity contribution in [2.75, 3.05) is 18.5 Å². The molecule has 0 aliphatic carbocycles. The molecule has 0 saturated heterocycles. The molecule has 0 unspecified atom stereocenters. The third-order valence-electron chi connectivity index (χ3n) is 3.66. The van der Waals surface area contributed by atoms with Gasteiger partial charge in [0, 0.05) is 5.69 Å². The zero-order chi connectivity index (χ0) is 19.6. The maximum Gasteiger partial charge on any atom is 0.329 e. The molecule has 2 aromatic carbocycles. The predicted molar refractivity (Wildman–Crippen MR) is 100 cm³/mol. The van der Waals surface area contributed by atoms with E-state index in [1.807, 2.05) is 6.07 Å². The van der Waals surface area contributed by atoms with Crippen molar-refractivity contribution in [1.29, 1.82) is 0 Å². The van der Waals surface area contributed by atoms with Gasteiger partial charge in [-0.3, -0.25) is 0 Å². The van der Waals surface area contributed by atoms with Crippen molar-refractivity contribution in [3.63, 3.8) is 0 Å². The fraction of sp³-hybridized carbons (Fsp3) is 0.300. The Morgan fingerprint density at radius 3 is 2.33 bits per heavy atom. The maximum atomic E-state index is 13.4. The molecule has 144 valence electrons. The largest absolute Gasteiger partial charge is 0.487 e. The number of urea groups is 1. The molecule has 0 radical (unpaired) electrons. The summed E-state index contributed by atoms with van der Waals surface area (Å²) in [5.74, 6) is -1.14. The van der Waals surface area contributed by atoms with Crippen LogP contribution in [0, 0.1) is 11.7 Å². The Balaban J connectivity index is 1.80. The molecule has 1 atom stereocenters. The van der Waals surface area contributed by atoms with Crippen molar-refractivity contribution >= 4 is 17.7 Å². The first kappa shape index (κ1) is 20.2. The lowest BCUT2D eigenvalue weighted by Gasteiger charge is -2.21. The minimum Gasteiger partial charge on any atom is -0.487 e. The van der Waals surface area contributed by atoms with Crippen molar-refractivity contribution < 1.29 is 23.5 Å². The van der Waals surface area contributed by atoms with Crippen LogP contribution in [0.2, 0.25) is 0 Å². The Hall–Kier alpha value is -3.09. The molecule has 2 N–H and O–H groups in total. The first-order valence-corrected chi connectivity index (χ1v) is 8.64. The van der Waals surface area contributed by atoms with Crippen molar-refractivity contribution in [3.05, 3.63) is 60.4 Å². The van der Waals surface area contributed by atoms with Crippen LogP contribution < -0.4 is 15.4 Å². The molecule has 2 rings (SSSR count). The number of para-hydroxylation sites is 2. The molecule has 0 spiro atoms. The van der Waals surface area contributed by atoms with E-state index in [1.165, 1.54) is 12.1 Å². The number of anilines is 1. The minimum absolute atomic E-state index is 0.00764. The van der Waals surface area contributed by atoms with Gasteiger partial charge < -0.3 is 20.1 Å². The van der Waals surface area contributed by atoms with E-state index < -0.39 is 23.9 Å². The molecule has 0 aliphatic heterocycles. The van der Waals surface area contributed by atoms with Gasteiger partial charge in [0.15, 0.2) is 11.6 Å². The van der Waals surface area contributed by atoms with Gasteiger partial charge in [-0.15, -0.1) is 0 Å². The molecule has 0 saturated carbocycles. The van der Waals surface area contributed by atoms with Crippen LogP contribution in [0.1, 0.15) is 13.8 Å². The number of hydrogen-bond acceptors (Lipinski definition) is 4. The van der Waals surface area contributed by atoms with Gasteiger partial charge in [0.2, 0.25) is 0 Å². The highest BCUT2D eigenvalue weighted by molar-refractivity contribution is 5.92.